The lowest BCUT2D eigenvalue weighted by Gasteiger charge is -2.07. The average Bonchev–Trinajstić information content (AvgIpc) is 2.52. The van der Waals surface area contributed by atoms with E-state index in [0.717, 1.165) is 0 Å². The molecule has 92 valence electrons. The first-order valence-electron chi connectivity index (χ1n) is 5.39. The van der Waals surface area contributed by atoms with E-state index in [-0.39, 0.29) is 17.0 Å². The highest BCUT2D eigenvalue weighted by Crippen LogP contribution is 2.38. The lowest BCUT2D eigenvalue weighted by Crippen LogP contribution is -2.21. The molecule has 0 radical (unpaired) electrons. The summed E-state index contributed by atoms with van der Waals surface area (Å²) in [4.78, 5) is 34.8. The molecule has 0 aromatic heterocycles. The van der Waals surface area contributed by atoms with E-state index in [0.29, 0.717) is 10.8 Å². The Morgan fingerprint density at radius 3 is 2.47 bits per heavy atom. The van der Waals surface area contributed by atoms with Gasteiger partial charge >= 0.3 is 5.91 Å². The van der Waals surface area contributed by atoms with Crippen LogP contribution in [0.4, 0.5) is 5.69 Å². The van der Waals surface area contributed by atoms with Crippen molar-refractivity contribution in [2.24, 2.45) is 10.2 Å². The third-order valence-corrected chi connectivity index (χ3v) is 2.87. The summed E-state index contributed by atoms with van der Waals surface area (Å²) in [5, 5.41) is 17.5. The van der Waals surface area contributed by atoms with Crippen molar-refractivity contribution in [3.63, 3.8) is 0 Å². The number of benzene rings is 2. The van der Waals surface area contributed by atoms with Crippen molar-refractivity contribution in [3.05, 3.63) is 35.9 Å². The first-order valence-corrected chi connectivity index (χ1v) is 5.39. The van der Waals surface area contributed by atoms with Gasteiger partial charge in [0.15, 0.2) is 0 Å². The Morgan fingerprint density at radius 2 is 1.68 bits per heavy atom. The van der Waals surface area contributed by atoms with Gasteiger partial charge in [0, 0.05) is 0 Å². The quantitative estimate of drug-likeness (QED) is 0.726. The number of rotatable bonds is 0. The maximum absolute atomic E-state index is 12.0. The Morgan fingerprint density at radius 1 is 0.947 bits per heavy atom. The van der Waals surface area contributed by atoms with E-state index in [9.17, 15) is 19.5 Å². The van der Waals surface area contributed by atoms with Gasteiger partial charge in [0.05, 0.1) is 5.56 Å². The molecule has 0 saturated heterocycles. The molecule has 1 N–H and O–H groups in total. The molecule has 0 spiro atoms. The van der Waals surface area contributed by atoms with E-state index >= 15 is 0 Å². The molecule has 1 heterocycles. The van der Waals surface area contributed by atoms with Crippen LogP contribution >= 0.6 is 0 Å². The van der Waals surface area contributed by atoms with Crippen molar-refractivity contribution in [2.45, 2.75) is 0 Å². The van der Waals surface area contributed by atoms with Crippen LogP contribution in [0.15, 0.2) is 40.6 Å². The zero-order valence-electron chi connectivity index (χ0n) is 9.45. The standard InChI is InChI=1S/C13H6N2O4/c16-8-5-6-3-1-2-4-7(6)9-10(8)14-15-13(19)12(18)11(9)17/h1-5,16H. The highest BCUT2D eigenvalue weighted by molar-refractivity contribution is 6.68. The summed E-state index contributed by atoms with van der Waals surface area (Å²) >= 11 is 0. The van der Waals surface area contributed by atoms with Crippen LogP contribution in [0.25, 0.3) is 10.8 Å². The summed E-state index contributed by atoms with van der Waals surface area (Å²) < 4.78 is 0. The van der Waals surface area contributed by atoms with Crippen molar-refractivity contribution < 1.29 is 19.5 Å². The molecule has 0 atom stereocenters. The van der Waals surface area contributed by atoms with E-state index in [2.05, 4.69) is 10.2 Å². The van der Waals surface area contributed by atoms with Crippen LogP contribution in [0.3, 0.4) is 0 Å². The second kappa shape index (κ2) is 3.81. The van der Waals surface area contributed by atoms with Crippen LogP contribution < -0.4 is 0 Å². The number of Topliss-reactive ketones (excluding diaryl/α,β-unsaturated/α-hetero) is 2. The SMILES string of the molecule is O=C1N=Nc2c(O)cc3ccccc3c2C(=O)C1=O. The molecule has 6 nitrogen and oxygen atoms in total. The van der Waals surface area contributed by atoms with Gasteiger partial charge in [0.2, 0.25) is 5.78 Å². The van der Waals surface area contributed by atoms with Crippen LogP contribution in [0.5, 0.6) is 5.75 Å². The molecule has 2 aromatic rings. The van der Waals surface area contributed by atoms with Gasteiger partial charge in [-0.25, -0.2) is 0 Å². The van der Waals surface area contributed by atoms with E-state index in [1.807, 2.05) is 0 Å². The molecule has 0 saturated carbocycles. The Balaban J connectivity index is 2.48. The lowest BCUT2D eigenvalue weighted by atomic mass is 9.97. The van der Waals surface area contributed by atoms with E-state index in [1.165, 1.54) is 6.07 Å². The van der Waals surface area contributed by atoms with Crippen molar-refractivity contribution in [1.82, 2.24) is 0 Å². The zero-order chi connectivity index (χ0) is 13.6. The zero-order valence-corrected chi connectivity index (χ0v) is 9.45. The smallest absolute Gasteiger partial charge is 0.340 e. The van der Waals surface area contributed by atoms with Gasteiger partial charge in [-0.3, -0.25) is 14.4 Å². The molecule has 0 bridgehead atoms. The number of hydrogen-bond acceptors (Lipinski definition) is 5. The number of carbonyl (C=O) groups is 3. The predicted octanol–water partition coefficient (Wildman–Crippen LogP) is 1.92. The molecule has 0 aliphatic carbocycles. The van der Waals surface area contributed by atoms with Crippen molar-refractivity contribution in [3.8, 4) is 5.75 Å². The number of azo groups is 1. The maximum atomic E-state index is 12.0. The molecule has 0 fully saturated rings. The summed E-state index contributed by atoms with van der Waals surface area (Å²) in [6.45, 7) is 0. The van der Waals surface area contributed by atoms with Crippen LogP contribution in [-0.4, -0.2) is 22.6 Å². The average molecular weight is 254 g/mol. The minimum Gasteiger partial charge on any atom is -0.506 e. The van der Waals surface area contributed by atoms with Crippen LogP contribution in [0, 0.1) is 0 Å². The number of hydrogen-bond donors (Lipinski definition) is 1. The van der Waals surface area contributed by atoms with Gasteiger partial charge in [0.25, 0.3) is 5.78 Å². The first kappa shape index (κ1) is 11.2. The number of carbonyl (C=O) groups excluding carboxylic acids is 3. The van der Waals surface area contributed by atoms with Gasteiger partial charge < -0.3 is 5.11 Å². The fraction of sp³-hybridized carbons (Fsp3) is 0. The summed E-state index contributed by atoms with van der Waals surface area (Å²) in [5.74, 6) is -3.78. The normalized spacial score (nSPS) is 14.6. The molecule has 1 amide bonds. The van der Waals surface area contributed by atoms with E-state index in [4.69, 9.17) is 0 Å². The minimum atomic E-state index is -1.25. The number of phenols is 1. The monoisotopic (exact) mass is 254 g/mol. The van der Waals surface area contributed by atoms with Crippen molar-refractivity contribution >= 4 is 33.9 Å². The fourth-order valence-electron chi connectivity index (χ4n) is 2.00. The van der Waals surface area contributed by atoms with Crippen LogP contribution in [0.2, 0.25) is 0 Å². The molecular weight excluding hydrogens is 248 g/mol. The fourth-order valence-corrected chi connectivity index (χ4v) is 2.00. The largest absolute Gasteiger partial charge is 0.506 e. The van der Waals surface area contributed by atoms with Crippen molar-refractivity contribution in [2.75, 3.05) is 0 Å². The van der Waals surface area contributed by atoms with Gasteiger partial charge in [0.1, 0.15) is 11.4 Å². The number of nitrogens with zero attached hydrogens (tertiary/aromatic N) is 2. The van der Waals surface area contributed by atoms with E-state index in [1.54, 1.807) is 24.3 Å². The highest BCUT2D eigenvalue weighted by Gasteiger charge is 2.32. The number of fused-ring (bicyclic) bond motifs is 3. The lowest BCUT2D eigenvalue weighted by molar-refractivity contribution is -0.133. The molecule has 2 aromatic carbocycles. The predicted molar refractivity (Wildman–Crippen MR) is 64.5 cm³/mol. The van der Waals surface area contributed by atoms with Gasteiger partial charge in [-0.15, -0.1) is 10.2 Å². The molecule has 3 rings (SSSR count). The highest BCUT2D eigenvalue weighted by atomic mass is 16.3. The molecule has 1 aliphatic rings. The second-order valence-corrected chi connectivity index (χ2v) is 4.00. The molecular formula is C13H6N2O4. The Kier molecular flexibility index (Phi) is 2.25. The Bertz CT molecular complexity index is 793. The molecule has 19 heavy (non-hydrogen) atoms. The van der Waals surface area contributed by atoms with Crippen LogP contribution in [0.1, 0.15) is 10.4 Å². The second-order valence-electron chi connectivity index (χ2n) is 4.00. The van der Waals surface area contributed by atoms with Gasteiger partial charge in [-0.2, -0.15) is 0 Å². The Labute approximate surface area is 106 Å². The third kappa shape index (κ3) is 1.54. The molecule has 6 heteroatoms. The first-order chi connectivity index (χ1) is 9.09. The minimum absolute atomic E-state index is 0.0878. The van der Waals surface area contributed by atoms with E-state index < -0.39 is 17.5 Å². The number of aromatic hydroxyl groups is 1. The summed E-state index contributed by atoms with van der Waals surface area (Å²) in [7, 11) is 0. The number of amides is 1. The Hall–Kier alpha value is -2.89. The summed E-state index contributed by atoms with van der Waals surface area (Å²) in [6.07, 6.45) is 0. The summed E-state index contributed by atoms with van der Waals surface area (Å²) in [5.41, 5.74) is -0.238. The number of ketones is 2. The summed E-state index contributed by atoms with van der Waals surface area (Å²) in [6, 6.07) is 8.10. The van der Waals surface area contributed by atoms with Crippen LogP contribution in [-0.2, 0) is 9.59 Å². The topological polar surface area (TPSA) is 96.2 Å². The van der Waals surface area contributed by atoms with Gasteiger partial charge in [-0.1, -0.05) is 24.3 Å². The third-order valence-electron chi connectivity index (χ3n) is 2.87. The van der Waals surface area contributed by atoms with Crippen molar-refractivity contribution in [1.29, 1.82) is 0 Å². The molecule has 0 unspecified atom stereocenters. The maximum Gasteiger partial charge on any atom is 0.340 e. The number of phenolic OH excluding ortho intramolecular Hbond substituents is 1. The molecule has 1 aliphatic heterocycles. The van der Waals surface area contributed by atoms with Gasteiger partial charge in [-0.05, 0) is 16.8 Å².